The number of pyridine rings is 2. The maximum atomic E-state index is 6.49. The fourth-order valence-electron chi connectivity index (χ4n) is 7.09. The molecule has 7 nitrogen and oxygen atoms in total. The number of nitrogens with zero attached hydrogens (tertiary/aromatic N) is 6. The van der Waals surface area contributed by atoms with Crippen molar-refractivity contribution in [1.82, 2.24) is 30.2 Å². The van der Waals surface area contributed by atoms with Crippen molar-refractivity contribution in [2.75, 3.05) is 0 Å². The van der Waals surface area contributed by atoms with Gasteiger partial charge in [-0.15, -0.1) is 15.0 Å². The van der Waals surface area contributed by atoms with Crippen molar-refractivity contribution in [3.63, 3.8) is 0 Å². The lowest BCUT2D eigenvalue weighted by Gasteiger charge is -2.34. The lowest BCUT2D eigenvalue weighted by Crippen LogP contribution is -2.39. The van der Waals surface area contributed by atoms with Gasteiger partial charge < -0.3 is 4.74 Å². The maximum Gasteiger partial charge on any atom is 0.205 e. The fraction of sp³-hybridized carbons (Fsp3) is 0.109. The minimum atomic E-state index is -0.853. The van der Waals surface area contributed by atoms with Gasteiger partial charge in [-0.1, -0.05) is 146 Å². The van der Waals surface area contributed by atoms with Crippen molar-refractivity contribution in [2.24, 2.45) is 0 Å². The molecule has 8 rings (SSSR count). The SMILES string of the molecule is CCc1cc(OCc2ccc(-c3ccccc3-c3nnn(C(c4ccccc4)(c4ccccc4)c4ccccc4)n3)cc2)c(-c2ccncc2)c(C)n1. The van der Waals surface area contributed by atoms with Crippen LogP contribution in [0.1, 0.15) is 40.6 Å². The Morgan fingerprint density at radius 2 is 1.19 bits per heavy atom. The smallest absolute Gasteiger partial charge is 0.205 e. The molecule has 0 N–H and O–H groups in total. The van der Waals surface area contributed by atoms with Crippen LogP contribution in [0.5, 0.6) is 5.75 Å². The average molecular weight is 691 g/mol. The van der Waals surface area contributed by atoms with E-state index in [-0.39, 0.29) is 0 Å². The molecule has 258 valence electrons. The van der Waals surface area contributed by atoms with Gasteiger partial charge in [0.1, 0.15) is 12.4 Å². The van der Waals surface area contributed by atoms with E-state index in [0.717, 1.165) is 73.6 Å². The topological polar surface area (TPSA) is 78.6 Å². The quantitative estimate of drug-likeness (QED) is 0.126. The van der Waals surface area contributed by atoms with E-state index < -0.39 is 5.54 Å². The second kappa shape index (κ2) is 14.9. The van der Waals surface area contributed by atoms with Gasteiger partial charge in [-0.2, -0.15) is 0 Å². The van der Waals surface area contributed by atoms with Gasteiger partial charge in [-0.05, 0) is 69.6 Å². The van der Waals surface area contributed by atoms with E-state index in [1.807, 2.05) is 49.4 Å². The van der Waals surface area contributed by atoms with Crippen LogP contribution >= 0.6 is 0 Å². The van der Waals surface area contributed by atoms with Gasteiger partial charge in [-0.3, -0.25) is 9.97 Å². The Morgan fingerprint density at radius 3 is 1.77 bits per heavy atom. The monoisotopic (exact) mass is 690 g/mol. The van der Waals surface area contributed by atoms with Crippen molar-refractivity contribution in [2.45, 2.75) is 32.4 Å². The Labute approximate surface area is 309 Å². The van der Waals surface area contributed by atoms with Crippen molar-refractivity contribution in [3.05, 3.63) is 204 Å². The number of benzene rings is 5. The van der Waals surface area contributed by atoms with Crippen LogP contribution in [0.3, 0.4) is 0 Å². The third kappa shape index (κ3) is 6.49. The molecule has 0 fully saturated rings. The first-order valence-corrected chi connectivity index (χ1v) is 17.8. The minimum Gasteiger partial charge on any atom is -0.488 e. The molecule has 3 heterocycles. The highest BCUT2D eigenvalue weighted by molar-refractivity contribution is 5.80. The second-order valence-corrected chi connectivity index (χ2v) is 12.9. The van der Waals surface area contributed by atoms with Crippen LogP contribution in [0, 0.1) is 6.92 Å². The van der Waals surface area contributed by atoms with Crippen LogP contribution in [0.25, 0.3) is 33.6 Å². The van der Waals surface area contributed by atoms with E-state index in [1.54, 1.807) is 17.2 Å². The summed E-state index contributed by atoms with van der Waals surface area (Å²) in [5.74, 6) is 1.37. The van der Waals surface area contributed by atoms with Crippen LogP contribution in [-0.4, -0.2) is 30.2 Å². The lowest BCUT2D eigenvalue weighted by atomic mass is 9.77. The van der Waals surface area contributed by atoms with Gasteiger partial charge >= 0.3 is 0 Å². The van der Waals surface area contributed by atoms with Gasteiger partial charge in [0.15, 0.2) is 5.54 Å². The molecule has 5 aromatic carbocycles. The Bertz CT molecular complexity index is 2330. The van der Waals surface area contributed by atoms with E-state index in [9.17, 15) is 0 Å². The third-order valence-electron chi connectivity index (χ3n) is 9.66. The van der Waals surface area contributed by atoms with Crippen molar-refractivity contribution in [3.8, 4) is 39.4 Å². The van der Waals surface area contributed by atoms with Crippen molar-refractivity contribution >= 4 is 0 Å². The molecule has 0 saturated carbocycles. The number of ether oxygens (including phenoxy) is 1. The number of hydrogen-bond donors (Lipinski definition) is 0. The molecular weight excluding hydrogens is 653 g/mol. The zero-order valence-electron chi connectivity index (χ0n) is 29.7. The van der Waals surface area contributed by atoms with Gasteiger partial charge in [0.2, 0.25) is 5.82 Å². The number of hydrogen-bond acceptors (Lipinski definition) is 6. The Hall–Kier alpha value is -6.73. The fourth-order valence-corrected chi connectivity index (χ4v) is 7.09. The lowest BCUT2D eigenvalue weighted by molar-refractivity contribution is 0.306. The first-order chi connectivity index (χ1) is 26.1. The average Bonchev–Trinajstić information content (AvgIpc) is 3.72. The van der Waals surface area contributed by atoms with Crippen molar-refractivity contribution in [1.29, 1.82) is 0 Å². The molecule has 0 bridgehead atoms. The molecule has 0 unspecified atom stereocenters. The molecule has 0 aliphatic heterocycles. The molecule has 8 aromatic rings. The van der Waals surface area contributed by atoms with E-state index in [1.165, 1.54) is 0 Å². The summed E-state index contributed by atoms with van der Waals surface area (Å²) in [6.45, 7) is 4.56. The summed E-state index contributed by atoms with van der Waals surface area (Å²) in [6, 6.07) is 53.9. The number of aromatic nitrogens is 6. The number of rotatable bonds is 11. The molecule has 0 saturated heterocycles. The molecule has 7 heteroatoms. The summed E-state index contributed by atoms with van der Waals surface area (Å²) in [4.78, 5) is 10.8. The summed E-state index contributed by atoms with van der Waals surface area (Å²) in [6.07, 6.45) is 4.42. The van der Waals surface area contributed by atoms with Gasteiger partial charge in [0.05, 0.1) is 0 Å². The molecule has 53 heavy (non-hydrogen) atoms. The summed E-state index contributed by atoms with van der Waals surface area (Å²) in [5, 5.41) is 14.7. The van der Waals surface area contributed by atoms with Gasteiger partial charge in [0.25, 0.3) is 0 Å². The molecule has 0 aliphatic carbocycles. The van der Waals surface area contributed by atoms with Crippen LogP contribution < -0.4 is 4.74 Å². The van der Waals surface area contributed by atoms with E-state index in [0.29, 0.717) is 12.4 Å². The Morgan fingerprint density at radius 1 is 0.623 bits per heavy atom. The van der Waals surface area contributed by atoms with E-state index >= 15 is 0 Å². The Kier molecular flexibility index (Phi) is 9.37. The van der Waals surface area contributed by atoms with Gasteiger partial charge in [-0.25, -0.2) is 0 Å². The normalized spacial score (nSPS) is 11.4. The molecule has 0 aliphatic rings. The predicted molar refractivity (Wildman–Crippen MR) is 209 cm³/mol. The first kappa shape index (κ1) is 33.4. The van der Waals surface area contributed by atoms with Gasteiger partial charge in [0, 0.05) is 41.0 Å². The summed E-state index contributed by atoms with van der Waals surface area (Å²) >= 11 is 0. The zero-order chi connectivity index (χ0) is 36.0. The van der Waals surface area contributed by atoms with Crippen LogP contribution in [0.2, 0.25) is 0 Å². The second-order valence-electron chi connectivity index (χ2n) is 12.9. The summed E-state index contributed by atoms with van der Waals surface area (Å²) in [5.41, 5.74) is 10.2. The highest BCUT2D eigenvalue weighted by Gasteiger charge is 2.41. The maximum absolute atomic E-state index is 6.49. The summed E-state index contributed by atoms with van der Waals surface area (Å²) in [7, 11) is 0. The number of aryl methyl sites for hydroxylation is 2. The van der Waals surface area contributed by atoms with Crippen LogP contribution in [-0.2, 0) is 18.6 Å². The van der Waals surface area contributed by atoms with E-state index in [2.05, 4.69) is 127 Å². The summed E-state index contributed by atoms with van der Waals surface area (Å²) < 4.78 is 6.49. The predicted octanol–water partition coefficient (Wildman–Crippen LogP) is 9.75. The molecule has 0 atom stereocenters. The number of tetrazole rings is 1. The third-order valence-corrected chi connectivity index (χ3v) is 9.66. The molecular formula is C46H38N6O. The standard InChI is InChI=1S/C46H38N6O/c1-3-40-31-43(44(33(2)48-40)36-27-29-47-30-28-36)53-32-34-23-25-35(26-24-34)41-21-13-14-22-42(41)45-49-51-52(50-45)46(37-15-7-4-8-16-37,38-17-9-5-10-18-38)39-19-11-6-12-20-39/h4-31H,3,32H2,1-2H3. The highest BCUT2D eigenvalue weighted by atomic mass is 16.5. The first-order valence-electron chi connectivity index (χ1n) is 17.8. The van der Waals surface area contributed by atoms with Crippen LogP contribution in [0.4, 0.5) is 0 Å². The largest absolute Gasteiger partial charge is 0.488 e. The zero-order valence-corrected chi connectivity index (χ0v) is 29.7. The molecule has 0 amide bonds. The Balaban J connectivity index is 1.13. The highest BCUT2D eigenvalue weighted by Crippen LogP contribution is 2.40. The van der Waals surface area contributed by atoms with Crippen LogP contribution in [0.15, 0.2) is 170 Å². The molecule has 3 aromatic heterocycles. The van der Waals surface area contributed by atoms with E-state index in [4.69, 9.17) is 25.1 Å². The molecule has 0 spiro atoms. The molecule has 0 radical (unpaired) electrons. The minimum absolute atomic E-state index is 0.420. The van der Waals surface area contributed by atoms with Crippen molar-refractivity contribution < 1.29 is 4.74 Å².